The highest BCUT2D eigenvalue weighted by atomic mass is 16.3. The monoisotopic (exact) mass is 718 g/mol. The van der Waals surface area contributed by atoms with Gasteiger partial charge in [0.05, 0.1) is 0 Å². The summed E-state index contributed by atoms with van der Waals surface area (Å²) in [6.45, 7) is 0. The van der Waals surface area contributed by atoms with Gasteiger partial charge in [0.2, 0.25) is 0 Å². The SMILES string of the molecule is Cn1cc2ccc3c(-c4ccc5oc6ccccc6c5c4)cc4cc5c(cc(-c6ccc7oc8ccccc8c7c6)c6ccc7cn(C)nc7c65)cc4c3c2n1. The molecule has 13 rings (SSSR count). The summed E-state index contributed by atoms with van der Waals surface area (Å²) in [5.41, 5.74) is 10.2. The lowest BCUT2D eigenvalue weighted by atomic mass is 9.87. The van der Waals surface area contributed by atoms with Crippen molar-refractivity contribution in [1.82, 2.24) is 19.6 Å². The van der Waals surface area contributed by atoms with Crippen LogP contribution in [0.1, 0.15) is 0 Å². The van der Waals surface area contributed by atoms with Crippen molar-refractivity contribution < 1.29 is 8.83 Å². The molecule has 0 aliphatic heterocycles. The summed E-state index contributed by atoms with van der Waals surface area (Å²) in [5.74, 6) is 0. The van der Waals surface area contributed by atoms with Crippen molar-refractivity contribution in [2.45, 2.75) is 0 Å². The summed E-state index contributed by atoms with van der Waals surface area (Å²) in [6.07, 6.45) is 4.22. The van der Waals surface area contributed by atoms with Gasteiger partial charge in [0.15, 0.2) is 0 Å². The zero-order valence-electron chi connectivity index (χ0n) is 30.5. The van der Waals surface area contributed by atoms with Gasteiger partial charge in [-0.05, 0) is 115 Å². The minimum absolute atomic E-state index is 0.889. The zero-order chi connectivity index (χ0) is 36.8. The van der Waals surface area contributed by atoms with Gasteiger partial charge in [0.1, 0.15) is 33.4 Å². The number of rotatable bonds is 2. The molecule has 4 heterocycles. The van der Waals surface area contributed by atoms with Crippen LogP contribution in [0.5, 0.6) is 0 Å². The van der Waals surface area contributed by atoms with E-state index in [0.29, 0.717) is 0 Å². The fraction of sp³-hybridized carbons (Fsp3) is 0.0400. The first-order valence-electron chi connectivity index (χ1n) is 18.9. The standard InChI is InChI=1S/C50H30N4O2/c1-53-25-29-11-15-35-37(27-13-17-45-41(19-27)33-7-3-5-9-43(33)55-45)21-31-24-40-32(23-39(31)47(35)49(29)51-53)22-38(36-16-12-30-26-54(2)52-50(30)48(36)40)28-14-18-46-42(20-28)34-8-4-6-10-44(34)56-46/h3-26H,1-2H3. The maximum atomic E-state index is 6.24. The molecule has 0 bridgehead atoms. The number of nitrogens with zero attached hydrogens (tertiary/aromatic N) is 4. The van der Waals surface area contributed by atoms with Gasteiger partial charge in [-0.2, -0.15) is 10.2 Å². The molecule has 0 fully saturated rings. The Morgan fingerprint density at radius 3 is 1.30 bits per heavy atom. The van der Waals surface area contributed by atoms with Crippen LogP contribution in [0.15, 0.2) is 155 Å². The smallest absolute Gasteiger partial charge is 0.135 e. The summed E-state index contributed by atoms with van der Waals surface area (Å²) in [5, 5.41) is 26.1. The first-order valence-corrected chi connectivity index (χ1v) is 18.9. The molecule has 0 radical (unpaired) electrons. The molecule has 0 aliphatic carbocycles. The van der Waals surface area contributed by atoms with Crippen LogP contribution in [0.4, 0.5) is 0 Å². The minimum Gasteiger partial charge on any atom is -0.456 e. The Hall–Kier alpha value is -7.44. The van der Waals surface area contributed by atoms with Gasteiger partial charge in [0, 0.05) is 69.6 Å². The van der Waals surface area contributed by atoms with Crippen LogP contribution in [0, 0.1) is 0 Å². The molecule has 13 aromatic rings. The predicted octanol–water partition coefficient (Wildman–Crippen LogP) is 13.2. The maximum absolute atomic E-state index is 6.24. The molecule has 0 amide bonds. The van der Waals surface area contributed by atoms with Crippen molar-refractivity contribution >= 4 is 109 Å². The Kier molecular flexibility index (Phi) is 5.68. The van der Waals surface area contributed by atoms with Gasteiger partial charge < -0.3 is 8.83 Å². The van der Waals surface area contributed by atoms with Crippen molar-refractivity contribution in [3.63, 3.8) is 0 Å². The van der Waals surface area contributed by atoms with E-state index in [1.54, 1.807) is 0 Å². The Morgan fingerprint density at radius 1 is 0.375 bits per heavy atom. The summed E-state index contributed by atoms with van der Waals surface area (Å²) < 4.78 is 16.3. The molecule has 6 heteroatoms. The highest BCUT2D eigenvalue weighted by Gasteiger charge is 2.20. The van der Waals surface area contributed by atoms with Crippen molar-refractivity contribution in [2.75, 3.05) is 0 Å². The van der Waals surface area contributed by atoms with E-state index in [4.69, 9.17) is 19.0 Å². The molecular weight excluding hydrogens is 689 g/mol. The quantitative estimate of drug-likeness (QED) is 0.132. The van der Waals surface area contributed by atoms with Crippen LogP contribution in [-0.2, 0) is 14.1 Å². The summed E-state index contributed by atoms with van der Waals surface area (Å²) in [6, 6.07) is 48.1. The Bertz CT molecular complexity index is 3600. The first kappa shape index (κ1) is 29.9. The van der Waals surface area contributed by atoms with Crippen molar-refractivity contribution in [1.29, 1.82) is 0 Å². The van der Waals surface area contributed by atoms with Gasteiger partial charge in [-0.1, -0.05) is 72.8 Å². The van der Waals surface area contributed by atoms with Gasteiger partial charge in [-0.3, -0.25) is 9.36 Å². The zero-order valence-corrected chi connectivity index (χ0v) is 30.5. The fourth-order valence-electron chi connectivity index (χ4n) is 9.44. The molecular formula is C50H30N4O2. The lowest BCUT2D eigenvalue weighted by Crippen LogP contribution is -1.91. The lowest BCUT2D eigenvalue weighted by Gasteiger charge is -2.16. The van der Waals surface area contributed by atoms with Gasteiger partial charge in [0.25, 0.3) is 0 Å². The number of fused-ring (bicyclic) bond motifs is 16. The average Bonchev–Trinajstić information content (AvgIpc) is 4.00. The Morgan fingerprint density at radius 2 is 0.821 bits per heavy atom. The molecule has 0 N–H and O–H groups in total. The molecule has 0 aliphatic rings. The first-order chi connectivity index (χ1) is 27.5. The maximum Gasteiger partial charge on any atom is 0.135 e. The van der Waals surface area contributed by atoms with E-state index in [0.717, 1.165) is 109 Å². The number of furan rings is 2. The topological polar surface area (TPSA) is 61.9 Å². The Labute approximate surface area is 318 Å². The highest BCUT2D eigenvalue weighted by Crippen LogP contribution is 2.45. The second-order valence-electron chi connectivity index (χ2n) is 15.2. The lowest BCUT2D eigenvalue weighted by molar-refractivity contribution is 0.668. The van der Waals surface area contributed by atoms with Crippen molar-refractivity contribution in [3.05, 3.63) is 146 Å². The summed E-state index contributed by atoms with van der Waals surface area (Å²) in [7, 11) is 4.00. The molecule has 0 saturated heterocycles. The van der Waals surface area contributed by atoms with Gasteiger partial charge >= 0.3 is 0 Å². The average molecular weight is 719 g/mol. The largest absolute Gasteiger partial charge is 0.456 e. The van der Waals surface area contributed by atoms with E-state index in [2.05, 4.69) is 122 Å². The number of hydrogen-bond donors (Lipinski definition) is 0. The molecule has 9 aromatic carbocycles. The van der Waals surface area contributed by atoms with E-state index in [1.807, 2.05) is 47.7 Å². The van der Waals surface area contributed by atoms with E-state index >= 15 is 0 Å². The van der Waals surface area contributed by atoms with Crippen molar-refractivity contribution in [3.8, 4) is 22.3 Å². The minimum atomic E-state index is 0.889. The number of aromatic nitrogens is 4. The second kappa shape index (κ2) is 10.6. The fourth-order valence-corrected chi connectivity index (χ4v) is 9.44. The number of para-hydroxylation sites is 2. The van der Waals surface area contributed by atoms with Crippen LogP contribution >= 0.6 is 0 Å². The third-order valence-electron chi connectivity index (χ3n) is 11.9. The van der Waals surface area contributed by atoms with Gasteiger partial charge in [-0.25, -0.2) is 0 Å². The molecule has 0 atom stereocenters. The molecule has 0 spiro atoms. The van der Waals surface area contributed by atoms with E-state index in [-0.39, 0.29) is 0 Å². The molecule has 4 aromatic heterocycles. The van der Waals surface area contributed by atoms with E-state index in [1.165, 1.54) is 21.5 Å². The van der Waals surface area contributed by atoms with Crippen molar-refractivity contribution in [2.24, 2.45) is 14.1 Å². The normalized spacial score (nSPS) is 12.5. The van der Waals surface area contributed by atoms with E-state index < -0.39 is 0 Å². The Balaban J connectivity index is 1.16. The van der Waals surface area contributed by atoms with Crippen LogP contribution < -0.4 is 0 Å². The molecule has 56 heavy (non-hydrogen) atoms. The third kappa shape index (κ3) is 4.05. The third-order valence-corrected chi connectivity index (χ3v) is 11.9. The van der Waals surface area contributed by atoms with Crippen LogP contribution in [-0.4, -0.2) is 19.6 Å². The number of aryl methyl sites for hydroxylation is 2. The summed E-state index contributed by atoms with van der Waals surface area (Å²) >= 11 is 0. The van der Waals surface area contributed by atoms with Crippen LogP contribution in [0.3, 0.4) is 0 Å². The predicted molar refractivity (Wildman–Crippen MR) is 230 cm³/mol. The van der Waals surface area contributed by atoms with Gasteiger partial charge in [-0.15, -0.1) is 0 Å². The molecule has 0 unspecified atom stereocenters. The molecule has 6 nitrogen and oxygen atoms in total. The molecule has 0 saturated carbocycles. The highest BCUT2D eigenvalue weighted by molar-refractivity contribution is 6.29. The second-order valence-corrected chi connectivity index (χ2v) is 15.2. The summed E-state index contributed by atoms with van der Waals surface area (Å²) in [4.78, 5) is 0. The van der Waals surface area contributed by atoms with Crippen LogP contribution in [0.2, 0.25) is 0 Å². The molecule has 262 valence electrons. The van der Waals surface area contributed by atoms with E-state index in [9.17, 15) is 0 Å². The van der Waals surface area contributed by atoms with Crippen LogP contribution in [0.25, 0.3) is 131 Å². The number of benzene rings is 9. The number of hydrogen-bond acceptors (Lipinski definition) is 4.